The number of imide groups is 1. The quantitative estimate of drug-likeness (QED) is 0.0142. The fourth-order valence-corrected chi connectivity index (χ4v) is 13.3. The summed E-state index contributed by atoms with van der Waals surface area (Å²) in [6.45, 7) is 5.28. The summed E-state index contributed by atoms with van der Waals surface area (Å²) in [6, 6.07) is 74.7. The van der Waals surface area contributed by atoms with E-state index in [1.54, 1.807) is 78.9 Å². The molecule has 1 aliphatic heterocycles. The predicted molar refractivity (Wildman–Crippen MR) is 438 cm³/mol. The van der Waals surface area contributed by atoms with Gasteiger partial charge in [0.1, 0.15) is 73.4 Å². The maximum absolute atomic E-state index is 15.4. The summed E-state index contributed by atoms with van der Waals surface area (Å²) in [4.78, 5) is 95.0. The van der Waals surface area contributed by atoms with Crippen molar-refractivity contribution in [1.29, 1.82) is 0 Å². The number of amides is 2. The number of hydrogen-bond donors (Lipinski definition) is 1. The molecule has 11 rings (SSSR count). The van der Waals surface area contributed by atoms with E-state index in [4.69, 9.17) is 28.8 Å². The third kappa shape index (κ3) is 18.0. The first-order chi connectivity index (χ1) is 52.6. The largest absolute Gasteiger partial charge is 0.491 e. The predicted octanol–water partition coefficient (Wildman–Crippen LogP) is 14.5. The van der Waals surface area contributed by atoms with Crippen LogP contribution in [-0.2, 0) is 20.4 Å². The Balaban J connectivity index is 0.000000272. The van der Waals surface area contributed by atoms with E-state index in [1.165, 1.54) is 12.1 Å². The van der Waals surface area contributed by atoms with Crippen LogP contribution in [0.4, 0.5) is 34.1 Å². The number of carbonyl (C=O) groups is 6. The summed E-state index contributed by atoms with van der Waals surface area (Å²) in [5.74, 6) is -0.167. The topological polar surface area (TPSA) is 191 Å². The smallest absolute Gasteiger partial charge is 0.326 e. The number of esters is 1. The molecule has 2 amide bonds. The van der Waals surface area contributed by atoms with Crippen molar-refractivity contribution in [1.82, 2.24) is 4.90 Å². The number of carbonyl (C=O) groups excluding carboxylic acids is 6. The minimum atomic E-state index is -1.21. The van der Waals surface area contributed by atoms with Gasteiger partial charge in [0.05, 0.1) is 17.7 Å². The second-order valence-electron chi connectivity index (χ2n) is 29.2. The Hall–Kier alpha value is -12.2. The number of ether oxygens (including phenoxy) is 5. The number of aliphatic hydroxyl groups is 1. The van der Waals surface area contributed by atoms with Crippen LogP contribution in [0.1, 0.15) is 106 Å². The second-order valence-corrected chi connectivity index (χ2v) is 29.2. The SMILES string of the molecule is CN(C)c1ccc(C(C(=O)c2ccc(OCCO)cc2)(c2ccc(N(C)C)cc2)c2ccc(N(C)C)cc2)cc1.CN(C)c1ccc(C(C(=O)c2ccc(OCCOc3ccc4c(c3)C(=O)N(CC(=O)OCCOc3ccc(C(=O)C(C)(C)C)cc3)C4=O)cc2)(c2ccc(N(C)C)cc2)c2ccc(N(C)C)cc2)cc1. The molecule has 0 fully saturated rings. The van der Waals surface area contributed by atoms with Crippen molar-refractivity contribution in [2.24, 2.45) is 5.41 Å². The second kappa shape index (κ2) is 35.2. The van der Waals surface area contributed by atoms with E-state index in [2.05, 4.69) is 87.5 Å². The third-order valence-corrected chi connectivity index (χ3v) is 19.4. The first kappa shape index (κ1) is 80.3. The zero-order chi connectivity index (χ0) is 79.2. The maximum Gasteiger partial charge on any atom is 0.326 e. The van der Waals surface area contributed by atoms with Gasteiger partial charge in [0.25, 0.3) is 11.8 Å². The highest BCUT2D eigenvalue weighted by Gasteiger charge is 2.46. The molecule has 110 heavy (non-hydrogen) atoms. The number of rotatable bonds is 31. The molecule has 0 atom stereocenters. The molecule has 0 bridgehead atoms. The van der Waals surface area contributed by atoms with Crippen LogP contribution in [0, 0.1) is 5.41 Å². The van der Waals surface area contributed by atoms with Crippen molar-refractivity contribution < 1.29 is 57.6 Å². The Morgan fingerprint density at radius 1 is 0.318 bits per heavy atom. The molecule has 1 aliphatic rings. The molecule has 10 aromatic carbocycles. The highest BCUT2D eigenvalue weighted by molar-refractivity contribution is 6.22. The number of aliphatic hydroxyl groups excluding tert-OH is 1. The summed E-state index contributed by atoms with van der Waals surface area (Å²) in [6.07, 6.45) is 0. The monoisotopic (exact) mass is 1480 g/mol. The Bertz CT molecular complexity index is 4560. The van der Waals surface area contributed by atoms with Gasteiger partial charge in [-0.05, 0) is 197 Å². The van der Waals surface area contributed by atoms with Gasteiger partial charge in [-0.1, -0.05) is 93.6 Å². The highest BCUT2D eigenvalue weighted by Crippen LogP contribution is 2.46. The zero-order valence-electron chi connectivity index (χ0n) is 65.5. The fraction of sp³-hybridized carbons (Fsp3) is 0.275. The molecule has 19 heteroatoms. The lowest BCUT2D eigenvalue weighted by molar-refractivity contribution is -0.144. The third-order valence-electron chi connectivity index (χ3n) is 19.4. The van der Waals surface area contributed by atoms with Gasteiger partial charge in [0.15, 0.2) is 17.3 Å². The number of fused-ring (bicyclic) bond motifs is 1. The van der Waals surface area contributed by atoms with Gasteiger partial charge in [-0.15, -0.1) is 0 Å². The Kier molecular flexibility index (Phi) is 25.7. The van der Waals surface area contributed by atoms with Crippen LogP contribution in [-0.4, -0.2) is 176 Å². The number of anilines is 6. The van der Waals surface area contributed by atoms with Gasteiger partial charge in [-0.3, -0.25) is 33.7 Å². The van der Waals surface area contributed by atoms with Gasteiger partial charge < -0.3 is 58.2 Å². The summed E-state index contributed by atoms with van der Waals surface area (Å²) in [5.41, 5.74) is 10.4. The molecule has 0 saturated heterocycles. The summed E-state index contributed by atoms with van der Waals surface area (Å²) >= 11 is 0. The molecule has 10 aromatic rings. The van der Waals surface area contributed by atoms with Crippen LogP contribution in [0.5, 0.6) is 23.0 Å². The zero-order valence-corrected chi connectivity index (χ0v) is 65.5. The summed E-state index contributed by atoms with van der Waals surface area (Å²) < 4.78 is 28.4. The van der Waals surface area contributed by atoms with Gasteiger partial charge in [-0.2, -0.15) is 0 Å². The number of nitrogens with zero attached hydrogens (tertiary/aromatic N) is 7. The standard InChI is InChI=1S/C57H60N4O9.C34H39N3O3/c1-56(2,3)52(63)38-10-26-46(27-11-38)68-34-35-70-51(62)37-61-54(65)49-31-30-48(36-50(49)55(61)66)69-33-32-67-47-28-12-39(13-29-47)53(64)57(40-14-20-43(21-15-40)58(4)5,41-16-22-44(23-17-41)59(6)7)42-18-24-45(25-19-42)60(8)9;1-35(2)29-15-9-26(10-16-29)34(27-11-17-30(18-12-27)36(3)4,28-13-19-31(20-14-28)37(5)6)33(39)25-7-21-32(22-8-25)40-24-23-38/h10-31,36H,32-35,37H2,1-9H3;7-22,38H,23-24H2,1-6H3. The van der Waals surface area contributed by atoms with Crippen molar-refractivity contribution in [3.63, 3.8) is 0 Å². The van der Waals surface area contributed by atoms with Crippen molar-refractivity contribution >= 4 is 69.3 Å². The number of benzene rings is 10. The van der Waals surface area contributed by atoms with Crippen LogP contribution < -0.4 is 48.3 Å². The van der Waals surface area contributed by atoms with Gasteiger partial charge in [-0.25, -0.2) is 0 Å². The lowest BCUT2D eigenvalue weighted by atomic mass is 9.65. The molecular formula is C91H99N7O12. The van der Waals surface area contributed by atoms with Crippen LogP contribution >= 0.6 is 0 Å². The number of hydrogen-bond acceptors (Lipinski definition) is 18. The Morgan fingerprint density at radius 2 is 0.573 bits per heavy atom. The molecule has 1 heterocycles. The molecule has 19 nitrogen and oxygen atoms in total. The highest BCUT2D eigenvalue weighted by atomic mass is 16.6. The summed E-state index contributed by atoms with van der Waals surface area (Å²) in [7, 11) is 24.0. The lowest BCUT2D eigenvalue weighted by Gasteiger charge is -2.35. The Labute approximate surface area is 646 Å². The first-order valence-corrected chi connectivity index (χ1v) is 36.5. The normalized spacial score (nSPS) is 11.9. The van der Waals surface area contributed by atoms with E-state index >= 15 is 4.79 Å². The van der Waals surface area contributed by atoms with E-state index in [0.29, 0.717) is 39.7 Å². The van der Waals surface area contributed by atoms with E-state index < -0.39 is 40.6 Å². The Morgan fingerprint density at radius 3 is 0.855 bits per heavy atom. The van der Waals surface area contributed by atoms with Crippen molar-refractivity contribution in [2.45, 2.75) is 31.6 Å². The van der Waals surface area contributed by atoms with Crippen LogP contribution in [0.15, 0.2) is 237 Å². The van der Waals surface area contributed by atoms with Crippen LogP contribution in [0.2, 0.25) is 0 Å². The van der Waals surface area contributed by atoms with Crippen molar-refractivity contribution in [2.75, 3.05) is 160 Å². The van der Waals surface area contributed by atoms with E-state index in [9.17, 15) is 24.0 Å². The van der Waals surface area contributed by atoms with Crippen molar-refractivity contribution in [3.8, 4) is 23.0 Å². The minimum Gasteiger partial charge on any atom is -0.491 e. The fourth-order valence-electron chi connectivity index (χ4n) is 13.3. The average Bonchev–Trinajstić information content (AvgIpc) is 0.923. The number of Topliss-reactive ketones (excluding diaryl/α,β-unsaturated/α-hetero) is 3. The van der Waals surface area contributed by atoms with Crippen LogP contribution in [0.3, 0.4) is 0 Å². The van der Waals surface area contributed by atoms with E-state index in [-0.39, 0.29) is 68.1 Å². The van der Waals surface area contributed by atoms with Gasteiger partial charge in [0, 0.05) is 141 Å². The van der Waals surface area contributed by atoms with E-state index in [0.717, 1.165) is 72.4 Å². The molecule has 570 valence electrons. The molecule has 0 radical (unpaired) electrons. The maximum atomic E-state index is 15.4. The van der Waals surface area contributed by atoms with Crippen molar-refractivity contribution in [3.05, 3.63) is 298 Å². The van der Waals surface area contributed by atoms with Gasteiger partial charge in [0.2, 0.25) is 0 Å². The van der Waals surface area contributed by atoms with Gasteiger partial charge >= 0.3 is 5.97 Å². The molecule has 0 spiro atoms. The minimum absolute atomic E-state index is 0.0116. The summed E-state index contributed by atoms with van der Waals surface area (Å²) in [5, 5.41) is 9.13. The lowest BCUT2D eigenvalue weighted by Crippen LogP contribution is -2.39. The average molecular weight is 1480 g/mol. The van der Waals surface area contributed by atoms with Crippen LogP contribution in [0.25, 0.3) is 0 Å². The molecular weight excluding hydrogens is 1380 g/mol. The molecule has 0 aromatic heterocycles. The molecule has 0 saturated carbocycles. The molecule has 0 unspecified atom stereocenters. The molecule has 1 N–H and O–H groups in total. The first-order valence-electron chi connectivity index (χ1n) is 36.5. The molecule has 0 aliphatic carbocycles. The number of ketones is 3. The van der Waals surface area contributed by atoms with E-state index in [1.807, 2.05) is 193 Å².